The van der Waals surface area contributed by atoms with E-state index >= 15 is 0 Å². The maximum Gasteiger partial charge on any atom is 0.303 e. The molecule has 0 radical (unpaired) electrons. The molecular weight excluding hydrogens is 492 g/mol. The molecule has 0 saturated carbocycles. The normalized spacial score (nSPS) is 12.2. The van der Waals surface area contributed by atoms with E-state index in [0.29, 0.717) is 18.9 Å². The minimum Gasteiger partial charge on any atom is -0.484 e. The fourth-order valence-corrected chi connectivity index (χ4v) is 3.99. The van der Waals surface area contributed by atoms with Crippen molar-refractivity contribution in [3.63, 3.8) is 0 Å². The van der Waals surface area contributed by atoms with Crippen molar-refractivity contribution in [3.05, 3.63) is 114 Å². The maximum atomic E-state index is 10.7. The maximum absolute atomic E-state index is 10.7. The lowest BCUT2D eigenvalue weighted by molar-refractivity contribution is -0.137. The molecule has 1 aromatic heterocycles. The summed E-state index contributed by atoms with van der Waals surface area (Å²) in [5, 5.41) is 8.78. The SMILES string of the molecule is C[C@H](Oc1ccc(CONC(=CCCCCCC(=O)O)c2ccccc2)cc1)c1coc(-c2ccccc2)n1. The van der Waals surface area contributed by atoms with Crippen molar-refractivity contribution in [2.75, 3.05) is 0 Å². The van der Waals surface area contributed by atoms with Crippen LogP contribution >= 0.6 is 0 Å². The van der Waals surface area contributed by atoms with Gasteiger partial charge in [-0.3, -0.25) is 15.1 Å². The van der Waals surface area contributed by atoms with E-state index in [1.54, 1.807) is 6.26 Å². The molecule has 2 N–H and O–H groups in total. The summed E-state index contributed by atoms with van der Waals surface area (Å²) in [6.07, 6.45) is 7.02. The largest absolute Gasteiger partial charge is 0.484 e. The molecule has 7 heteroatoms. The van der Waals surface area contributed by atoms with Gasteiger partial charge < -0.3 is 14.3 Å². The summed E-state index contributed by atoms with van der Waals surface area (Å²) < 4.78 is 11.7. The zero-order valence-corrected chi connectivity index (χ0v) is 22.1. The Balaban J connectivity index is 1.26. The van der Waals surface area contributed by atoms with Gasteiger partial charge in [0.15, 0.2) is 0 Å². The lowest BCUT2D eigenvalue weighted by atomic mass is 10.1. The fourth-order valence-electron chi connectivity index (χ4n) is 3.99. The molecule has 1 atom stereocenters. The first-order valence-electron chi connectivity index (χ1n) is 13.2. The molecule has 0 aliphatic carbocycles. The summed E-state index contributed by atoms with van der Waals surface area (Å²) in [6.45, 7) is 2.32. The highest BCUT2D eigenvalue weighted by molar-refractivity contribution is 5.66. The van der Waals surface area contributed by atoms with E-state index in [-0.39, 0.29) is 12.5 Å². The predicted octanol–water partition coefficient (Wildman–Crippen LogP) is 7.58. The Morgan fingerprint density at radius 1 is 0.974 bits per heavy atom. The molecule has 0 fully saturated rings. The first-order valence-corrected chi connectivity index (χ1v) is 13.2. The molecule has 7 nitrogen and oxygen atoms in total. The van der Waals surface area contributed by atoms with Crippen LogP contribution in [0, 0.1) is 0 Å². The number of oxazole rings is 1. The van der Waals surface area contributed by atoms with Crippen molar-refractivity contribution < 1.29 is 23.9 Å². The quantitative estimate of drug-likeness (QED) is 0.122. The minimum atomic E-state index is -0.743. The number of carboxylic acids is 1. The summed E-state index contributed by atoms with van der Waals surface area (Å²) in [4.78, 5) is 21.1. The van der Waals surface area contributed by atoms with Crippen LogP contribution in [0.2, 0.25) is 0 Å². The third-order valence-corrected chi connectivity index (χ3v) is 6.14. The van der Waals surface area contributed by atoms with Crippen LogP contribution in [0.4, 0.5) is 0 Å². The Hall–Kier alpha value is -4.36. The van der Waals surface area contributed by atoms with Crippen molar-refractivity contribution >= 4 is 11.7 Å². The number of nitrogens with one attached hydrogen (secondary N) is 1. The zero-order chi connectivity index (χ0) is 27.3. The second kappa shape index (κ2) is 14.5. The first kappa shape index (κ1) is 27.7. The van der Waals surface area contributed by atoms with E-state index < -0.39 is 5.97 Å². The standard InChI is InChI=1S/C32H34N2O5/c1-24(30-23-37-32(33-30)27-14-8-5-9-15-27)39-28-20-18-25(19-21-28)22-38-34-29(26-12-6-4-7-13-26)16-10-2-3-11-17-31(35)36/h4-9,12-16,18-21,23-24,34H,2-3,10-11,17,22H2,1H3,(H,35,36)/t24-/m0/s1. The number of hydrogen-bond donors (Lipinski definition) is 2. The molecule has 4 rings (SSSR count). The van der Waals surface area contributed by atoms with E-state index in [1.165, 1.54) is 0 Å². The van der Waals surface area contributed by atoms with Crippen molar-refractivity contribution in [1.29, 1.82) is 0 Å². The molecule has 3 aromatic carbocycles. The van der Waals surface area contributed by atoms with Crippen LogP contribution in [0.15, 0.2) is 102 Å². The molecule has 0 aliphatic rings. The van der Waals surface area contributed by atoms with Crippen molar-refractivity contribution in [3.8, 4) is 17.2 Å². The predicted molar refractivity (Wildman–Crippen MR) is 150 cm³/mol. The Morgan fingerprint density at radius 2 is 1.69 bits per heavy atom. The average Bonchev–Trinajstić information content (AvgIpc) is 3.46. The van der Waals surface area contributed by atoms with Crippen molar-refractivity contribution in [2.24, 2.45) is 0 Å². The topological polar surface area (TPSA) is 93.8 Å². The Bertz CT molecular complexity index is 1320. The first-order chi connectivity index (χ1) is 19.1. The second-order valence-corrected chi connectivity index (χ2v) is 9.22. The smallest absolute Gasteiger partial charge is 0.303 e. The number of carboxylic acid groups (broad SMARTS) is 1. The third-order valence-electron chi connectivity index (χ3n) is 6.14. The highest BCUT2D eigenvalue weighted by Gasteiger charge is 2.14. The van der Waals surface area contributed by atoms with Crippen LogP contribution in [-0.2, 0) is 16.2 Å². The van der Waals surface area contributed by atoms with Crippen LogP contribution in [0.5, 0.6) is 5.75 Å². The van der Waals surface area contributed by atoms with Gasteiger partial charge in [-0.05, 0) is 61.6 Å². The van der Waals surface area contributed by atoms with E-state index in [2.05, 4.69) is 16.5 Å². The number of carbonyl (C=O) groups is 1. The van der Waals surface area contributed by atoms with Crippen molar-refractivity contribution in [2.45, 2.75) is 51.7 Å². The molecular formula is C32H34N2O5. The van der Waals surface area contributed by atoms with Gasteiger partial charge in [-0.25, -0.2) is 4.98 Å². The lowest BCUT2D eigenvalue weighted by Crippen LogP contribution is -2.13. The number of benzene rings is 3. The number of rotatable bonds is 15. The van der Waals surface area contributed by atoms with Gasteiger partial charge in [0, 0.05) is 12.0 Å². The Morgan fingerprint density at radius 3 is 2.41 bits per heavy atom. The van der Waals surface area contributed by atoms with Crippen molar-refractivity contribution in [1.82, 2.24) is 10.5 Å². The van der Waals surface area contributed by atoms with E-state index in [9.17, 15) is 4.79 Å². The third kappa shape index (κ3) is 8.86. The van der Waals surface area contributed by atoms with Gasteiger partial charge in [0.2, 0.25) is 5.89 Å². The lowest BCUT2D eigenvalue weighted by Gasteiger charge is -2.14. The highest BCUT2D eigenvalue weighted by atomic mass is 16.6. The summed E-state index contributed by atoms with van der Waals surface area (Å²) in [5.74, 6) is 0.562. The molecule has 0 aliphatic heterocycles. The second-order valence-electron chi connectivity index (χ2n) is 9.22. The molecule has 1 heterocycles. The Labute approximate surface area is 229 Å². The highest BCUT2D eigenvalue weighted by Crippen LogP contribution is 2.25. The Kier molecular flexibility index (Phi) is 10.3. The molecule has 4 aromatic rings. The number of aromatic nitrogens is 1. The van der Waals surface area contributed by atoms with Gasteiger partial charge in [-0.2, -0.15) is 0 Å². The molecule has 0 amide bonds. The van der Waals surface area contributed by atoms with Gasteiger partial charge in [-0.1, -0.05) is 73.2 Å². The molecule has 202 valence electrons. The van der Waals surface area contributed by atoms with E-state index in [4.69, 9.17) is 19.1 Å². The van der Waals surface area contributed by atoms with Gasteiger partial charge in [0.1, 0.15) is 23.8 Å². The number of hydrogen-bond acceptors (Lipinski definition) is 6. The van der Waals surface area contributed by atoms with Gasteiger partial charge in [0.05, 0.1) is 12.3 Å². The van der Waals surface area contributed by atoms with Crippen LogP contribution in [0.3, 0.4) is 0 Å². The number of nitrogens with zero attached hydrogens (tertiary/aromatic N) is 1. The summed E-state index contributed by atoms with van der Waals surface area (Å²) in [5.41, 5.74) is 7.67. The molecule has 39 heavy (non-hydrogen) atoms. The number of aliphatic carboxylic acids is 1. The van der Waals surface area contributed by atoms with Crippen LogP contribution in [-0.4, -0.2) is 16.1 Å². The molecule has 0 saturated heterocycles. The summed E-state index contributed by atoms with van der Waals surface area (Å²) >= 11 is 0. The summed E-state index contributed by atoms with van der Waals surface area (Å²) in [7, 11) is 0. The summed E-state index contributed by atoms with van der Waals surface area (Å²) in [6, 6.07) is 27.5. The van der Waals surface area contributed by atoms with E-state index in [1.807, 2.05) is 91.9 Å². The number of ether oxygens (including phenoxy) is 1. The van der Waals surface area contributed by atoms with Gasteiger partial charge >= 0.3 is 5.97 Å². The van der Waals surface area contributed by atoms with Crippen LogP contribution in [0.25, 0.3) is 17.2 Å². The molecule has 0 spiro atoms. The van der Waals surface area contributed by atoms with Crippen LogP contribution in [0.1, 0.15) is 62.0 Å². The van der Waals surface area contributed by atoms with Gasteiger partial charge in [-0.15, -0.1) is 0 Å². The fraction of sp³-hybridized carbons (Fsp3) is 0.250. The molecule has 0 bridgehead atoms. The minimum absolute atomic E-state index is 0.217. The number of unbranched alkanes of at least 4 members (excludes halogenated alkanes) is 3. The molecule has 0 unspecified atom stereocenters. The zero-order valence-electron chi connectivity index (χ0n) is 22.1. The monoisotopic (exact) mass is 526 g/mol. The van der Waals surface area contributed by atoms with E-state index in [0.717, 1.165) is 53.1 Å². The average molecular weight is 527 g/mol. The van der Waals surface area contributed by atoms with Crippen LogP contribution < -0.4 is 10.2 Å². The number of allylic oxidation sites excluding steroid dienone is 1. The number of hydroxylamine groups is 1. The van der Waals surface area contributed by atoms with Gasteiger partial charge in [0.25, 0.3) is 0 Å².